The molecule has 4 rings (SSSR count). The maximum atomic E-state index is 13.6. The number of rotatable bonds is 2. The Morgan fingerprint density at radius 1 is 0.545 bits per heavy atom. The molecule has 0 saturated carbocycles. The molecule has 0 heterocycles. The largest absolute Gasteiger partial charge is 0.488 e. The van der Waals surface area contributed by atoms with Gasteiger partial charge in [0.15, 0.2) is 0 Å². The third-order valence-corrected chi connectivity index (χ3v) is 6.96. The molecule has 0 fully saturated rings. The number of benzene rings is 4. The molecule has 0 bridgehead atoms. The van der Waals surface area contributed by atoms with Gasteiger partial charge in [-0.15, -0.1) is 0 Å². The van der Waals surface area contributed by atoms with Gasteiger partial charge in [0.2, 0.25) is 0 Å². The van der Waals surface area contributed by atoms with Crippen molar-refractivity contribution in [1.82, 2.24) is 0 Å². The van der Waals surface area contributed by atoms with Crippen molar-refractivity contribution in [2.24, 2.45) is 0 Å². The van der Waals surface area contributed by atoms with E-state index in [0.717, 1.165) is 10.5 Å². The molecule has 0 atom stereocenters. The average Bonchev–Trinajstić information content (AvgIpc) is 2.84. The summed E-state index contributed by atoms with van der Waals surface area (Å²) in [5.41, 5.74) is -5.22. The van der Waals surface area contributed by atoms with E-state index in [0.29, 0.717) is 20.2 Å². The quantitative estimate of drug-likeness (QED) is 0.0913. The summed E-state index contributed by atoms with van der Waals surface area (Å²) in [5.74, 6) is -8.32. The van der Waals surface area contributed by atoms with E-state index >= 15 is 0 Å². The molecular formula is C26H12BBr2F12IO2. The number of halogens is 15. The van der Waals surface area contributed by atoms with Crippen LogP contribution in [0.2, 0.25) is 0 Å². The standard InChI is InChI=1S/C13H5BrF6.C7H4BF5O2.C6H3BrFI/c14-7-1-2-8(9(15)5-7)6-3-10(16)12(11(17)4-6)13(18,19)20;9-4-1-3(8(14)15)2-5(10)6(4)7(11,12)13;7-4-1-2-6(9)5(8)3-4/h1-5H;1-2,14-15H;1-3H. The van der Waals surface area contributed by atoms with Crippen LogP contribution in [0, 0.1) is 38.5 Å². The fraction of sp³-hybridized carbons (Fsp3) is 0.0769. The fourth-order valence-electron chi connectivity index (χ4n) is 3.21. The first-order chi connectivity index (χ1) is 20.1. The number of hydrogen-bond donors (Lipinski definition) is 2. The summed E-state index contributed by atoms with van der Waals surface area (Å²) in [5, 5.41) is 17.0. The van der Waals surface area contributed by atoms with E-state index in [4.69, 9.17) is 10.0 Å². The summed E-state index contributed by atoms with van der Waals surface area (Å²) in [7, 11) is -2.23. The first kappa shape index (κ1) is 37.9. The topological polar surface area (TPSA) is 40.5 Å². The summed E-state index contributed by atoms with van der Waals surface area (Å²) >= 11 is 8.10. The van der Waals surface area contributed by atoms with Gasteiger partial charge >= 0.3 is 19.5 Å². The lowest BCUT2D eigenvalue weighted by molar-refractivity contribution is -0.143. The maximum Gasteiger partial charge on any atom is 0.488 e. The van der Waals surface area contributed by atoms with Crippen LogP contribution in [0.3, 0.4) is 0 Å². The van der Waals surface area contributed by atoms with Crippen molar-refractivity contribution in [3.8, 4) is 11.1 Å². The molecule has 0 radical (unpaired) electrons. The van der Waals surface area contributed by atoms with Crippen LogP contribution >= 0.6 is 54.5 Å². The Labute approximate surface area is 271 Å². The summed E-state index contributed by atoms with van der Waals surface area (Å²) in [6.07, 6.45) is -10.3. The van der Waals surface area contributed by atoms with E-state index in [2.05, 4.69) is 31.9 Å². The van der Waals surface area contributed by atoms with Crippen molar-refractivity contribution in [2.45, 2.75) is 12.4 Å². The monoisotopic (exact) mass is 880 g/mol. The lowest BCUT2D eigenvalue weighted by Gasteiger charge is -2.11. The Morgan fingerprint density at radius 3 is 1.27 bits per heavy atom. The summed E-state index contributed by atoms with van der Waals surface area (Å²) in [6.45, 7) is 0. The van der Waals surface area contributed by atoms with Gasteiger partial charge in [-0.3, -0.25) is 0 Å². The minimum absolute atomic E-state index is 0.176. The Kier molecular flexibility index (Phi) is 13.2. The molecule has 18 heteroatoms. The Bertz CT molecular complexity index is 1590. The smallest absolute Gasteiger partial charge is 0.423 e. The zero-order chi connectivity index (χ0) is 33.7. The van der Waals surface area contributed by atoms with Gasteiger partial charge in [-0.25, -0.2) is 26.3 Å². The molecule has 0 aromatic heterocycles. The average molecular weight is 882 g/mol. The lowest BCUT2D eigenvalue weighted by Crippen LogP contribution is -2.31. The predicted molar refractivity (Wildman–Crippen MR) is 152 cm³/mol. The second-order valence-corrected chi connectivity index (χ2v) is 11.2. The van der Waals surface area contributed by atoms with E-state index in [-0.39, 0.29) is 29.1 Å². The SMILES string of the molecule is Fc1cc(Br)ccc1-c1cc(F)c(C(F)(F)F)c(F)c1.Fc1cc(Br)ccc1I.OB(O)c1cc(F)c(C(F)(F)F)c(F)c1. The van der Waals surface area contributed by atoms with Crippen LogP contribution < -0.4 is 5.46 Å². The normalized spacial score (nSPS) is 11.3. The highest BCUT2D eigenvalue weighted by molar-refractivity contribution is 14.1. The molecule has 0 amide bonds. The van der Waals surface area contributed by atoms with Crippen LogP contribution in [0.5, 0.6) is 0 Å². The zero-order valence-corrected chi connectivity index (χ0v) is 26.2. The Morgan fingerprint density at radius 2 is 0.932 bits per heavy atom. The van der Waals surface area contributed by atoms with Crippen LogP contribution in [0.4, 0.5) is 52.7 Å². The fourth-order valence-corrected chi connectivity index (χ4v) is 4.21. The van der Waals surface area contributed by atoms with Gasteiger partial charge < -0.3 is 10.0 Å². The van der Waals surface area contributed by atoms with Crippen LogP contribution in [0.15, 0.2) is 69.6 Å². The van der Waals surface area contributed by atoms with Crippen molar-refractivity contribution in [1.29, 1.82) is 0 Å². The highest BCUT2D eigenvalue weighted by atomic mass is 127. The molecule has 2 nitrogen and oxygen atoms in total. The molecule has 4 aromatic carbocycles. The second kappa shape index (κ2) is 15.3. The molecule has 0 spiro atoms. The van der Waals surface area contributed by atoms with Crippen LogP contribution in [0.25, 0.3) is 11.1 Å². The van der Waals surface area contributed by atoms with Crippen molar-refractivity contribution in [3.05, 3.63) is 119 Å². The molecule has 0 aliphatic rings. The molecule has 0 aliphatic heterocycles. The van der Waals surface area contributed by atoms with Crippen LogP contribution in [0.1, 0.15) is 11.1 Å². The van der Waals surface area contributed by atoms with Gasteiger partial charge in [-0.05, 0) is 88.2 Å². The summed E-state index contributed by atoms with van der Waals surface area (Å²) in [6, 6.07) is 9.99. The van der Waals surface area contributed by atoms with Gasteiger partial charge in [-0.2, -0.15) is 26.3 Å². The third kappa shape index (κ3) is 10.4. The minimum atomic E-state index is -5.16. The molecule has 0 aliphatic carbocycles. The van der Waals surface area contributed by atoms with Gasteiger partial charge in [0.05, 0.1) is 0 Å². The number of alkyl halides is 6. The van der Waals surface area contributed by atoms with Crippen LogP contribution in [-0.2, 0) is 12.4 Å². The third-order valence-electron chi connectivity index (χ3n) is 5.10. The Balaban J connectivity index is 0.000000247. The lowest BCUT2D eigenvalue weighted by atomic mass is 9.80. The van der Waals surface area contributed by atoms with E-state index < -0.39 is 65.1 Å². The summed E-state index contributed by atoms with van der Waals surface area (Å²) < 4.78 is 154. The second-order valence-electron chi connectivity index (χ2n) is 8.23. The van der Waals surface area contributed by atoms with E-state index in [1.807, 2.05) is 28.7 Å². The Hall–Kier alpha value is -2.29. The van der Waals surface area contributed by atoms with Crippen molar-refractivity contribution in [3.63, 3.8) is 0 Å². The van der Waals surface area contributed by atoms with E-state index in [1.54, 1.807) is 6.07 Å². The van der Waals surface area contributed by atoms with E-state index in [9.17, 15) is 52.7 Å². The highest BCUT2D eigenvalue weighted by Gasteiger charge is 2.39. The molecule has 44 heavy (non-hydrogen) atoms. The number of hydrogen-bond acceptors (Lipinski definition) is 2. The first-order valence-electron chi connectivity index (χ1n) is 11.2. The van der Waals surface area contributed by atoms with Gasteiger partial charge in [-0.1, -0.05) is 37.9 Å². The molecular weight excluding hydrogens is 870 g/mol. The van der Waals surface area contributed by atoms with Crippen molar-refractivity contribution in [2.75, 3.05) is 0 Å². The summed E-state index contributed by atoms with van der Waals surface area (Å²) in [4.78, 5) is 0. The van der Waals surface area contributed by atoms with Gasteiger partial charge in [0, 0.05) is 18.1 Å². The van der Waals surface area contributed by atoms with Crippen molar-refractivity contribution >= 4 is 67.0 Å². The van der Waals surface area contributed by atoms with Crippen LogP contribution in [-0.4, -0.2) is 17.2 Å². The first-order valence-corrected chi connectivity index (χ1v) is 13.8. The molecule has 236 valence electrons. The van der Waals surface area contributed by atoms with E-state index in [1.165, 1.54) is 18.2 Å². The predicted octanol–water partition coefficient (Wildman–Crippen LogP) is 9.41. The maximum absolute atomic E-state index is 13.6. The minimum Gasteiger partial charge on any atom is -0.423 e. The molecule has 0 saturated heterocycles. The molecule has 2 N–H and O–H groups in total. The van der Waals surface area contributed by atoms with Gasteiger partial charge in [0.25, 0.3) is 0 Å². The highest BCUT2D eigenvalue weighted by Crippen LogP contribution is 2.37. The van der Waals surface area contributed by atoms with Gasteiger partial charge in [0.1, 0.15) is 46.0 Å². The van der Waals surface area contributed by atoms with Crippen molar-refractivity contribution < 1.29 is 62.7 Å². The molecule has 4 aromatic rings. The zero-order valence-electron chi connectivity index (χ0n) is 20.9. The molecule has 0 unspecified atom stereocenters.